The van der Waals surface area contributed by atoms with Crippen LogP contribution in [-0.2, 0) is 11.3 Å². The molecule has 0 N–H and O–H groups in total. The van der Waals surface area contributed by atoms with Gasteiger partial charge in [0, 0.05) is 13.1 Å². The Labute approximate surface area is 95.0 Å². The van der Waals surface area contributed by atoms with Gasteiger partial charge in [-0.1, -0.05) is 30.3 Å². The molecule has 3 heteroatoms. The summed E-state index contributed by atoms with van der Waals surface area (Å²) in [6.07, 6.45) is 1.15. The van der Waals surface area contributed by atoms with E-state index < -0.39 is 0 Å². The van der Waals surface area contributed by atoms with Crippen LogP contribution in [0.15, 0.2) is 30.3 Å². The summed E-state index contributed by atoms with van der Waals surface area (Å²) >= 11 is 0. The van der Waals surface area contributed by atoms with E-state index in [-0.39, 0.29) is 6.09 Å². The quantitative estimate of drug-likeness (QED) is 0.760. The van der Waals surface area contributed by atoms with Crippen LogP contribution in [0.1, 0.15) is 12.0 Å². The van der Waals surface area contributed by atoms with Crippen molar-refractivity contribution in [2.75, 3.05) is 13.1 Å². The average Bonchev–Trinajstić information content (AvgIpc) is 2.94. The van der Waals surface area contributed by atoms with Crippen LogP contribution in [0.2, 0.25) is 0 Å². The minimum Gasteiger partial charge on any atom is -0.445 e. The number of fused-ring (bicyclic) bond motifs is 1. The molecule has 0 bridgehead atoms. The molecule has 3 rings (SSSR count). The molecule has 2 aliphatic rings. The fourth-order valence-electron chi connectivity index (χ4n) is 2.36. The molecule has 3 nitrogen and oxygen atoms in total. The number of rotatable bonds is 2. The van der Waals surface area contributed by atoms with Crippen LogP contribution in [0.25, 0.3) is 0 Å². The van der Waals surface area contributed by atoms with Crippen molar-refractivity contribution in [2.45, 2.75) is 13.0 Å². The zero-order valence-corrected chi connectivity index (χ0v) is 9.13. The number of nitrogens with zero attached hydrogens (tertiary/aromatic N) is 1. The lowest BCUT2D eigenvalue weighted by Gasteiger charge is -2.17. The normalized spacial score (nSPS) is 26.4. The number of carbonyl (C=O) groups is 1. The first-order valence-electron chi connectivity index (χ1n) is 5.78. The number of benzene rings is 1. The van der Waals surface area contributed by atoms with E-state index in [0.29, 0.717) is 6.61 Å². The van der Waals surface area contributed by atoms with E-state index in [1.54, 1.807) is 0 Å². The first kappa shape index (κ1) is 9.70. The van der Waals surface area contributed by atoms with Crippen molar-refractivity contribution in [3.05, 3.63) is 35.9 Å². The van der Waals surface area contributed by atoms with E-state index in [4.69, 9.17) is 4.74 Å². The van der Waals surface area contributed by atoms with E-state index in [1.165, 1.54) is 6.42 Å². The van der Waals surface area contributed by atoms with Gasteiger partial charge in [-0.2, -0.15) is 0 Å². The predicted octanol–water partition coefficient (Wildman–Crippen LogP) is 2.27. The van der Waals surface area contributed by atoms with E-state index >= 15 is 0 Å². The Morgan fingerprint density at radius 2 is 1.94 bits per heavy atom. The molecule has 1 aliphatic heterocycles. The number of likely N-dealkylation sites (tertiary alicyclic amines) is 1. The highest BCUT2D eigenvalue weighted by Crippen LogP contribution is 2.44. The van der Waals surface area contributed by atoms with E-state index in [1.807, 2.05) is 35.2 Å². The maximum atomic E-state index is 11.7. The number of amides is 1. The Hall–Kier alpha value is -1.51. The highest BCUT2D eigenvalue weighted by Gasteiger charge is 2.47. The van der Waals surface area contributed by atoms with E-state index in [2.05, 4.69) is 0 Å². The molecule has 1 amide bonds. The van der Waals surface area contributed by atoms with Gasteiger partial charge < -0.3 is 9.64 Å². The molecule has 1 aromatic rings. The molecule has 2 fully saturated rings. The van der Waals surface area contributed by atoms with Gasteiger partial charge in [-0.05, 0) is 23.8 Å². The molecule has 2 atom stereocenters. The maximum Gasteiger partial charge on any atom is 0.410 e. The zero-order valence-electron chi connectivity index (χ0n) is 9.13. The van der Waals surface area contributed by atoms with Gasteiger partial charge in [-0.15, -0.1) is 0 Å². The molecule has 0 aromatic heterocycles. The van der Waals surface area contributed by atoms with Crippen molar-refractivity contribution in [3.8, 4) is 0 Å². The van der Waals surface area contributed by atoms with Crippen molar-refractivity contribution in [1.82, 2.24) is 4.90 Å². The van der Waals surface area contributed by atoms with Crippen LogP contribution in [0.4, 0.5) is 4.79 Å². The second-order valence-corrected chi connectivity index (χ2v) is 4.70. The van der Waals surface area contributed by atoms with E-state index in [9.17, 15) is 4.79 Å². The fourth-order valence-corrected chi connectivity index (χ4v) is 2.36. The summed E-state index contributed by atoms with van der Waals surface area (Å²) in [5.41, 5.74) is 1.04. The smallest absolute Gasteiger partial charge is 0.410 e. The molecule has 1 heterocycles. The van der Waals surface area contributed by atoms with Crippen LogP contribution in [0.3, 0.4) is 0 Å². The fraction of sp³-hybridized carbons (Fsp3) is 0.462. The van der Waals surface area contributed by atoms with Gasteiger partial charge in [-0.25, -0.2) is 4.79 Å². The molecule has 0 spiro atoms. The number of hydrogen-bond acceptors (Lipinski definition) is 2. The summed E-state index contributed by atoms with van der Waals surface area (Å²) in [7, 11) is 0. The molecule has 1 saturated heterocycles. The Kier molecular flexibility index (Phi) is 2.31. The largest absolute Gasteiger partial charge is 0.445 e. The first-order valence-corrected chi connectivity index (χ1v) is 5.78. The van der Waals surface area contributed by atoms with Crippen molar-refractivity contribution < 1.29 is 9.53 Å². The third-order valence-electron chi connectivity index (χ3n) is 3.44. The third-order valence-corrected chi connectivity index (χ3v) is 3.44. The number of hydrogen-bond donors (Lipinski definition) is 0. The highest BCUT2D eigenvalue weighted by molar-refractivity contribution is 5.68. The monoisotopic (exact) mass is 217 g/mol. The second kappa shape index (κ2) is 3.81. The number of ether oxygens (including phenoxy) is 1. The van der Waals surface area contributed by atoms with Crippen LogP contribution >= 0.6 is 0 Å². The average molecular weight is 217 g/mol. The zero-order chi connectivity index (χ0) is 11.0. The van der Waals surface area contributed by atoms with Crippen LogP contribution in [0.5, 0.6) is 0 Å². The molecule has 84 valence electrons. The topological polar surface area (TPSA) is 29.5 Å². The lowest BCUT2D eigenvalue weighted by atomic mass is 10.2. The van der Waals surface area contributed by atoms with Crippen LogP contribution < -0.4 is 0 Å². The summed E-state index contributed by atoms with van der Waals surface area (Å²) in [6, 6.07) is 9.80. The Balaban J connectivity index is 1.50. The van der Waals surface area contributed by atoms with Gasteiger partial charge in [0.15, 0.2) is 0 Å². The second-order valence-electron chi connectivity index (χ2n) is 4.70. The van der Waals surface area contributed by atoms with E-state index in [0.717, 1.165) is 30.5 Å². The summed E-state index contributed by atoms with van der Waals surface area (Å²) in [5.74, 6) is 1.54. The predicted molar refractivity (Wildman–Crippen MR) is 59.8 cm³/mol. The molecule has 16 heavy (non-hydrogen) atoms. The van der Waals surface area contributed by atoms with Gasteiger partial charge in [0.25, 0.3) is 0 Å². The first-order chi connectivity index (χ1) is 7.83. The van der Waals surface area contributed by atoms with Gasteiger partial charge in [0.05, 0.1) is 0 Å². The Morgan fingerprint density at radius 3 is 2.62 bits per heavy atom. The third kappa shape index (κ3) is 1.90. The molecule has 1 aromatic carbocycles. The van der Waals surface area contributed by atoms with Crippen LogP contribution in [-0.4, -0.2) is 24.1 Å². The lowest BCUT2D eigenvalue weighted by Crippen LogP contribution is -2.30. The van der Waals surface area contributed by atoms with Crippen molar-refractivity contribution in [2.24, 2.45) is 11.8 Å². The molecular weight excluding hydrogens is 202 g/mol. The summed E-state index contributed by atoms with van der Waals surface area (Å²) in [4.78, 5) is 13.5. The molecular formula is C13H15NO2. The molecule has 1 aliphatic carbocycles. The van der Waals surface area contributed by atoms with Crippen molar-refractivity contribution >= 4 is 6.09 Å². The summed E-state index contributed by atoms with van der Waals surface area (Å²) in [6.45, 7) is 2.18. The number of carbonyl (C=O) groups excluding carboxylic acids is 1. The van der Waals surface area contributed by atoms with Gasteiger partial charge in [-0.3, -0.25) is 0 Å². The number of piperidine rings is 1. The summed E-state index contributed by atoms with van der Waals surface area (Å²) < 4.78 is 5.27. The highest BCUT2D eigenvalue weighted by atomic mass is 16.6. The van der Waals surface area contributed by atoms with Gasteiger partial charge >= 0.3 is 6.09 Å². The SMILES string of the molecule is O=C(OCc1ccccc1)N1C[C@H]2C[C@H]2C1. The van der Waals surface area contributed by atoms with Crippen molar-refractivity contribution in [3.63, 3.8) is 0 Å². The minimum atomic E-state index is -0.156. The Bertz CT molecular complexity index is 380. The lowest BCUT2D eigenvalue weighted by molar-refractivity contribution is 0.100. The molecule has 1 saturated carbocycles. The minimum absolute atomic E-state index is 0.156. The van der Waals surface area contributed by atoms with Gasteiger partial charge in [0.1, 0.15) is 6.61 Å². The Morgan fingerprint density at radius 1 is 1.25 bits per heavy atom. The van der Waals surface area contributed by atoms with Crippen LogP contribution in [0, 0.1) is 11.8 Å². The summed E-state index contributed by atoms with van der Waals surface area (Å²) in [5, 5.41) is 0. The van der Waals surface area contributed by atoms with Crippen molar-refractivity contribution in [1.29, 1.82) is 0 Å². The molecule has 0 radical (unpaired) electrons. The molecule has 0 unspecified atom stereocenters. The standard InChI is InChI=1S/C13H15NO2/c15-13(14-7-11-6-12(11)8-14)16-9-10-4-2-1-3-5-10/h1-5,11-12H,6-9H2/t11-,12+. The van der Waals surface area contributed by atoms with Gasteiger partial charge in [0.2, 0.25) is 0 Å². The maximum absolute atomic E-state index is 11.7.